The Morgan fingerprint density at radius 1 is 1.39 bits per heavy atom. The summed E-state index contributed by atoms with van der Waals surface area (Å²) >= 11 is 0. The summed E-state index contributed by atoms with van der Waals surface area (Å²) in [6, 6.07) is 1.09. The highest BCUT2D eigenvalue weighted by Crippen LogP contribution is 2.30. The molecule has 0 saturated heterocycles. The van der Waals surface area contributed by atoms with Crippen LogP contribution in [0.3, 0.4) is 0 Å². The predicted molar refractivity (Wildman–Crippen MR) is 75.4 cm³/mol. The summed E-state index contributed by atoms with van der Waals surface area (Å²) in [7, 11) is 0. The second kappa shape index (κ2) is 5.87. The summed E-state index contributed by atoms with van der Waals surface area (Å²) in [5, 5.41) is 8.12. The van der Waals surface area contributed by atoms with E-state index in [-0.39, 0.29) is 0 Å². The number of rotatable bonds is 4. The van der Waals surface area contributed by atoms with Gasteiger partial charge in [-0.05, 0) is 44.9 Å². The fraction of sp³-hybridized carbons (Fsp3) is 0.800. The van der Waals surface area contributed by atoms with Crippen LogP contribution in [0.1, 0.15) is 58.6 Å². The monoisotopic (exact) mass is 249 g/mol. The van der Waals surface area contributed by atoms with Crippen LogP contribution in [-0.2, 0) is 6.54 Å². The predicted octanol–water partition coefficient (Wildman–Crippen LogP) is 3.38. The molecule has 1 aromatic rings. The molecule has 3 heteroatoms. The first kappa shape index (κ1) is 13.6. The summed E-state index contributed by atoms with van der Waals surface area (Å²) in [6.45, 7) is 10.1. The normalized spacial score (nSPS) is 30.3. The molecule has 0 amide bonds. The number of aromatic nitrogens is 2. The average Bonchev–Trinajstić information content (AvgIpc) is 2.82. The Hall–Kier alpha value is -0.830. The molecule has 1 aliphatic carbocycles. The fourth-order valence-electron chi connectivity index (χ4n) is 2.92. The molecule has 0 aromatic carbocycles. The number of nitrogens with zero attached hydrogens (tertiary/aromatic N) is 2. The molecule has 4 unspecified atom stereocenters. The highest BCUT2D eigenvalue weighted by molar-refractivity contribution is 5.09. The van der Waals surface area contributed by atoms with Crippen LogP contribution in [0, 0.1) is 11.8 Å². The molecule has 0 radical (unpaired) electrons. The number of hydrogen-bond acceptors (Lipinski definition) is 2. The van der Waals surface area contributed by atoms with E-state index in [0.29, 0.717) is 12.1 Å². The van der Waals surface area contributed by atoms with Gasteiger partial charge in [0.25, 0.3) is 0 Å². The smallest absolute Gasteiger partial charge is 0.0537 e. The van der Waals surface area contributed by atoms with Crippen molar-refractivity contribution >= 4 is 0 Å². The van der Waals surface area contributed by atoms with E-state index in [0.717, 1.165) is 18.4 Å². The van der Waals surface area contributed by atoms with E-state index < -0.39 is 0 Å². The lowest BCUT2D eigenvalue weighted by Gasteiger charge is -2.34. The van der Waals surface area contributed by atoms with E-state index in [9.17, 15) is 0 Å². The molecule has 1 heterocycles. The molecule has 3 nitrogen and oxygen atoms in total. The third-order valence-electron chi connectivity index (χ3n) is 4.56. The molecule has 18 heavy (non-hydrogen) atoms. The van der Waals surface area contributed by atoms with Crippen LogP contribution in [0.5, 0.6) is 0 Å². The zero-order valence-electron chi connectivity index (χ0n) is 12.2. The maximum Gasteiger partial charge on any atom is 0.0537 e. The average molecular weight is 249 g/mol. The van der Waals surface area contributed by atoms with Crippen molar-refractivity contribution in [3.05, 3.63) is 18.0 Å². The minimum atomic E-state index is 0.413. The highest BCUT2D eigenvalue weighted by Gasteiger charge is 2.25. The van der Waals surface area contributed by atoms with Crippen LogP contribution in [-0.4, -0.2) is 15.8 Å². The van der Waals surface area contributed by atoms with Gasteiger partial charge < -0.3 is 5.32 Å². The lowest BCUT2D eigenvalue weighted by molar-refractivity contribution is 0.217. The zero-order chi connectivity index (χ0) is 13.1. The molecule has 2 rings (SSSR count). The molecule has 4 atom stereocenters. The first-order valence-corrected chi connectivity index (χ1v) is 7.38. The van der Waals surface area contributed by atoms with Gasteiger partial charge in [0.05, 0.1) is 6.20 Å². The standard InChI is InChI=1S/C15H27N3/c1-5-18-10-14(9-16-18)13(4)17-15-7-6-11(2)12(3)8-15/h9-13,15,17H,5-8H2,1-4H3. The fourth-order valence-corrected chi connectivity index (χ4v) is 2.92. The summed E-state index contributed by atoms with van der Waals surface area (Å²) in [5.74, 6) is 1.74. The van der Waals surface area contributed by atoms with E-state index in [1.807, 2.05) is 10.9 Å². The number of hydrogen-bond donors (Lipinski definition) is 1. The van der Waals surface area contributed by atoms with Crippen LogP contribution in [0.2, 0.25) is 0 Å². The Kier molecular flexibility index (Phi) is 4.44. The molecule has 0 spiro atoms. The summed E-state index contributed by atoms with van der Waals surface area (Å²) in [5.41, 5.74) is 1.31. The van der Waals surface area contributed by atoms with Gasteiger partial charge in [-0.3, -0.25) is 4.68 Å². The van der Waals surface area contributed by atoms with Crippen LogP contribution < -0.4 is 5.32 Å². The molecule has 0 bridgehead atoms. The Bertz CT molecular complexity index is 372. The minimum absolute atomic E-state index is 0.413. The second-order valence-corrected chi connectivity index (χ2v) is 5.98. The summed E-state index contributed by atoms with van der Waals surface area (Å²) in [4.78, 5) is 0. The van der Waals surface area contributed by atoms with Gasteiger partial charge in [0.15, 0.2) is 0 Å². The maximum absolute atomic E-state index is 4.35. The second-order valence-electron chi connectivity index (χ2n) is 5.98. The van der Waals surface area contributed by atoms with Gasteiger partial charge in [-0.1, -0.05) is 13.8 Å². The molecule has 1 aromatic heterocycles. The van der Waals surface area contributed by atoms with Crippen LogP contribution in [0.25, 0.3) is 0 Å². The molecule has 102 valence electrons. The number of nitrogens with one attached hydrogen (secondary N) is 1. The van der Waals surface area contributed by atoms with Crippen molar-refractivity contribution in [2.75, 3.05) is 0 Å². The molecule has 1 N–H and O–H groups in total. The first-order valence-electron chi connectivity index (χ1n) is 7.38. The molecule has 0 aliphatic heterocycles. The van der Waals surface area contributed by atoms with E-state index >= 15 is 0 Å². The van der Waals surface area contributed by atoms with E-state index in [1.165, 1.54) is 24.8 Å². The summed E-state index contributed by atoms with van der Waals surface area (Å²) in [6.07, 6.45) is 8.15. The molecular weight excluding hydrogens is 222 g/mol. The van der Waals surface area contributed by atoms with Crippen molar-refractivity contribution < 1.29 is 0 Å². The van der Waals surface area contributed by atoms with Crippen molar-refractivity contribution in [2.24, 2.45) is 11.8 Å². The third-order valence-corrected chi connectivity index (χ3v) is 4.56. The van der Waals surface area contributed by atoms with Crippen LogP contribution in [0.4, 0.5) is 0 Å². The summed E-state index contributed by atoms with van der Waals surface area (Å²) < 4.78 is 2.00. The Morgan fingerprint density at radius 3 is 2.78 bits per heavy atom. The first-order chi connectivity index (χ1) is 8.60. The van der Waals surface area contributed by atoms with Gasteiger partial charge in [0.1, 0.15) is 0 Å². The van der Waals surface area contributed by atoms with Gasteiger partial charge in [0.2, 0.25) is 0 Å². The van der Waals surface area contributed by atoms with E-state index in [2.05, 4.69) is 44.3 Å². The molecule has 1 saturated carbocycles. The Labute approximate surface area is 111 Å². The quantitative estimate of drug-likeness (QED) is 0.886. The molecular formula is C15H27N3. The van der Waals surface area contributed by atoms with Gasteiger partial charge >= 0.3 is 0 Å². The van der Waals surface area contributed by atoms with Gasteiger partial charge in [-0.2, -0.15) is 5.10 Å². The van der Waals surface area contributed by atoms with Gasteiger partial charge in [0, 0.05) is 30.4 Å². The minimum Gasteiger partial charge on any atom is -0.307 e. The lowest BCUT2D eigenvalue weighted by Crippen LogP contribution is -2.37. The highest BCUT2D eigenvalue weighted by atomic mass is 15.3. The zero-order valence-corrected chi connectivity index (χ0v) is 12.2. The van der Waals surface area contributed by atoms with Crippen molar-refractivity contribution in [1.29, 1.82) is 0 Å². The van der Waals surface area contributed by atoms with Gasteiger partial charge in [-0.25, -0.2) is 0 Å². The SMILES string of the molecule is CCn1cc(C(C)NC2CCC(C)C(C)C2)cn1. The van der Waals surface area contributed by atoms with Crippen molar-refractivity contribution in [2.45, 2.75) is 65.6 Å². The maximum atomic E-state index is 4.35. The third kappa shape index (κ3) is 3.14. The molecule has 1 aliphatic rings. The van der Waals surface area contributed by atoms with Crippen molar-refractivity contribution in [3.8, 4) is 0 Å². The van der Waals surface area contributed by atoms with Crippen LogP contribution >= 0.6 is 0 Å². The van der Waals surface area contributed by atoms with Crippen molar-refractivity contribution in [1.82, 2.24) is 15.1 Å². The number of aryl methyl sites for hydroxylation is 1. The largest absolute Gasteiger partial charge is 0.307 e. The lowest BCUT2D eigenvalue weighted by atomic mass is 9.79. The molecule has 1 fully saturated rings. The van der Waals surface area contributed by atoms with E-state index in [1.54, 1.807) is 0 Å². The topological polar surface area (TPSA) is 29.9 Å². The van der Waals surface area contributed by atoms with E-state index in [4.69, 9.17) is 0 Å². The Balaban J connectivity index is 1.89. The Morgan fingerprint density at radius 2 is 2.17 bits per heavy atom. The van der Waals surface area contributed by atoms with Crippen molar-refractivity contribution in [3.63, 3.8) is 0 Å². The van der Waals surface area contributed by atoms with Crippen LogP contribution in [0.15, 0.2) is 12.4 Å². The van der Waals surface area contributed by atoms with Gasteiger partial charge in [-0.15, -0.1) is 0 Å².